The number of carbonyl (C=O) groups excluding carboxylic acids is 4. The number of alkyl carbamates (subject to hydrolysis) is 2. The first-order chi connectivity index (χ1) is 25.0. The van der Waals surface area contributed by atoms with Gasteiger partial charge in [-0.3, -0.25) is 9.59 Å². The number of imidazole rings is 2. The summed E-state index contributed by atoms with van der Waals surface area (Å²) in [4.78, 5) is 67.5. The summed E-state index contributed by atoms with van der Waals surface area (Å²) < 4.78 is 9.38. The third-order valence-electron chi connectivity index (χ3n) is 9.48. The Morgan fingerprint density at radius 1 is 0.827 bits per heavy atom. The van der Waals surface area contributed by atoms with E-state index in [2.05, 4.69) is 77.0 Å². The Hall–Kier alpha value is -5.40. The zero-order valence-electron chi connectivity index (χ0n) is 30.7. The summed E-state index contributed by atoms with van der Waals surface area (Å²) in [6.45, 7) is 8.63. The molecule has 2 aromatic heterocycles. The van der Waals surface area contributed by atoms with Crippen LogP contribution in [0.15, 0.2) is 48.8 Å². The molecule has 4 amide bonds. The molecule has 1 aliphatic rings. The highest BCUT2D eigenvalue weighted by Gasteiger charge is 2.37. The highest BCUT2D eigenvalue weighted by Crippen LogP contribution is 2.33. The number of nitrogens with one attached hydrogen (secondary N) is 5. The molecule has 3 atom stereocenters. The van der Waals surface area contributed by atoms with E-state index in [1.807, 2.05) is 45.0 Å². The van der Waals surface area contributed by atoms with Crippen molar-refractivity contribution in [1.82, 2.24) is 40.8 Å². The van der Waals surface area contributed by atoms with Crippen molar-refractivity contribution in [2.75, 3.05) is 27.3 Å². The molecule has 3 unspecified atom stereocenters. The minimum atomic E-state index is -0.685. The molecule has 0 spiro atoms. The number of benzene rings is 2. The highest BCUT2D eigenvalue weighted by molar-refractivity contribution is 5.90. The fourth-order valence-electron chi connectivity index (χ4n) is 6.52. The number of aromatic nitrogens is 4. The zero-order valence-corrected chi connectivity index (χ0v) is 30.7. The van der Waals surface area contributed by atoms with Gasteiger partial charge in [-0.2, -0.15) is 0 Å². The van der Waals surface area contributed by atoms with Gasteiger partial charge in [0.15, 0.2) is 0 Å². The number of unbranched alkanes of at least 4 members (excludes halogenated alkanes) is 1. The number of aromatic amines is 2. The smallest absolute Gasteiger partial charge is 0.407 e. The number of hydrogen-bond donors (Lipinski definition) is 5. The normalized spacial score (nSPS) is 15.5. The van der Waals surface area contributed by atoms with E-state index in [1.54, 1.807) is 0 Å². The maximum atomic E-state index is 13.5. The lowest BCUT2D eigenvalue weighted by Crippen LogP contribution is -2.51. The van der Waals surface area contributed by atoms with E-state index in [1.165, 1.54) is 14.2 Å². The Labute approximate surface area is 303 Å². The Bertz CT molecular complexity index is 1870. The van der Waals surface area contributed by atoms with Crippen molar-refractivity contribution in [2.24, 2.45) is 11.8 Å². The number of likely N-dealkylation sites (tertiary alicyclic amines) is 1. The van der Waals surface area contributed by atoms with E-state index in [0.717, 1.165) is 77.0 Å². The molecule has 4 aromatic rings. The summed E-state index contributed by atoms with van der Waals surface area (Å²) >= 11 is 0. The summed E-state index contributed by atoms with van der Waals surface area (Å²) in [6.07, 6.45) is 6.38. The first kappa shape index (κ1) is 37.8. The molecule has 0 saturated carbocycles. The summed E-state index contributed by atoms with van der Waals surface area (Å²) in [6, 6.07) is 11.0. The van der Waals surface area contributed by atoms with Crippen LogP contribution in [0.2, 0.25) is 0 Å². The van der Waals surface area contributed by atoms with Gasteiger partial charge < -0.3 is 40.3 Å². The van der Waals surface area contributed by atoms with Crippen molar-refractivity contribution in [2.45, 2.75) is 77.9 Å². The number of H-pyrrole nitrogens is 2. The molecule has 14 heteroatoms. The van der Waals surface area contributed by atoms with Crippen LogP contribution in [0.1, 0.15) is 71.1 Å². The van der Waals surface area contributed by atoms with Crippen LogP contribution < -0.4 is 16.0 Å². The van der Waals surface area contributed by atoms with Crippen LogP contribution in [-0.4, -0.2) is 88.2 Å². The summed E-state index contributed by atoms with van der Waals surface area (Å²) in [5.41, 5.74) is 3.81. The largest absolute Gasteiger partial charge is 0.453 e. The van der Waals surface area contributed by atoms with Crippen LogP contribution in [0.5, 0.6) is 0 Å². The predicted molar refractivity (Wildman–Crippen MR) is 197 cm³/mol. The molecule has 278 valence electrons. The molecule has 5 rings (SSSR count). The molecule has 2 aromatic carbocycles. The predicted octanol–water partition coefficient (Wildman–Crippen LogP) is 5.48. The number of hydrogen-bond acceptors (Lipinski definition) is 8. The molecular formula is C38H50N8O6. The van der Waals surface area contributed by atoms with Gasteiger partial charge in [0, 0.05) is 30.6 Å². The molecule has 52 heavy (non-hydrogen) atoms. The number of amides is 4. The molecule has 1 saturated heterocycles. The number of rotatable bonds is 14. The molecular weight excluding hydrogens is 664 g/mol. The average molecular weight is 715 g/mol. The van der Waals surface area contributed by atoms with Crippen molar-refractivity contribution in [1.29, 1.82) is 0 Å². The summed E-state index contributed by atoms with van der Waals surface area (Å²) in [5.74, 6) is 1.06. The Kier molecular flexibility index (Phi) is 12.5. The fraction of sp³-hybridized carbons (Fsp3) is 0.474. The van der Waals surface area contributed by atoms with Crippen molar-refractivity contribution in [3.05, 3.63) is 60.4 Å². The topological polar surface area (TPSA) is 183 Å². The van der Waals surface area contributed by atoms with Crippen molar-refractivity contribution < 1.29 is 28.7 Å². The van der Waals surface area contributed by atoms with Crippen LogP contribution in [0.3, 0.4) is 0 Å². The second kappa shape index (κ2) is 17.2. The first-order valence-corrected chi connectivity index (χ1v) is 17.9. The van der Waals surface area contributed by atoms with E-state index in [9.17, 15) is 19.2 Å². The van der Waals surface area contributed by atoms with Gasteiger partial charge in [0.1, 0.15) is 23.7 Å². The number of methoxy groups -OCH3 is 2. The van der Waals surface area contributed by atoms with Gasteiger partial charge >= 0.3 is 12.2 Å². The van der Waals surface area contributed by atoms with E-state index in [0.29, 0.717) is 13.1 Å². The Balaban J connectivity index is 1.17. The lowest BCUT2D eigenvalue weighted by atomic mass is 10.0. The number of ether oxygens (including phenoxy) is 2. The SMILES string of the molecule is COC(=O)NC(C(=O)NCCCCc1ncc(-c2ccc3cc(-c4cnc(C5CCCN5C(=O)C(NC(=O)OC)C(C)C)[nH]4)ccc3c2)[nH]1)C(C)C. The van der Waals surface area contributed by atoms with Gasteiger partial charge in [-0.15, -0.1) is 0 Å². The molecule has 0 bridgehead atoms. The zero-order chi connectivity index (χ0) is 37.4. The maximum absolute atomic E-state index is 13.5. The van der Waals surface area contributed by atoms with Gasteiger partial charge in [-0.1, -0.05) is 52.0 Å². The van der Waals surface area contributed by atoms with Crippen molar-refractivity contribution >= 4 is 34.8 Å². The van der Waals surface area contributed by atoms with Gasteiger partial charge in [0.2, 0.25) is 11.8 Å². The molecule has 0 aliphatic carbocycles. The van der Waals surface area contributed by atoms with Crippen molar-refractivity contribution in [3.8, 4) is 22.5 Å². The maximum Gasteiger partial charge on any atom is 0.407 e. The minimum absolute atomic E-state index is 0.0704. The lowest BCUT2D eigenvalue weighted by molar-refractivity contribution is -0.135. The van der Waals surface area contributed by atoms with Crippen LogP contribution >= 0.6 is 0 Å². The molecule has 3 heterocycles. The van der Waals surface area contributed by atoms with Crippen LogP contribution in [0.25, 0.3) is 33.3 Å². The second-order valence-corrected chi connectivity index (χ2v) is 13.9. The van der Waals surface area contributed by atoms with Gasteiger partial charge in [-0.05, 0) is 60.4 Å². The summed E-state index contributed by atoms with van der Waals surface area (Å²) in [7, 11) is 2.56. The lowest BCUT2D eigenvalue weighted by Gasteiger charge is -2.30. The molecule has 5 N–H and O–H groups in total. The van der Waals surface area contributed by atoms with E-state index in [-0.39, 0.29) is 29.7 Å². The van der Waals surface area contributed by atoms with Crippen molar-refractivity contribution in [3.63, 3.8) is 0 Å². The molecule has 0 radical (unpaired) electrons. The second-order valence-electron chi connectivity index (χ2n) is 13.9. The number of nitrogens with zero attached hydrogens (tertiary/aromatic N) is 3. The third kappa shape index (κ3) is 9.09. The van der Waals surface area contributed by atoms with E-state index >= 15 is 0 Å². The van der Waals surface area contributed by atoms with Crippen LogP contribution in [0.4, 0.5) is 9.59 Å². The molecule has 1 aliphatic heterocycles. The van der Waals surface area contributed by atoms with Gasteiger partial charge in [-0.25, -0.2) is 19.6 Å². The number of carbonyl (C=O) groups is 4. The minimum Gasteiger partial charge on any atom is -0.453 e. The third-order valence-corrected chi connectivity index (χ3v) is 9.48. The first-order valence-electron chi connectivity index (χ1n) is 17.9. The summed E-state index contributed by atoms with van der Waals surface area (Å²) in [5, 5.41) is 10.3. The average Bonchev–Trinajstić information content (AvgIpc) is 3.93. The van der Waals surface area contributed by atoms with Gasteiger partial charge in [0.05, 0.1) is 44.0 Å². The fourth-order valence-corrected chi connectivity index (χ4v) is 6.52. The number of fused-ring (bicyclic) bond motifs is 1. The van der Waals surface area contributed by atoms with E-state index < -0.39 is 24.3 Å². The molecule has 14 nitrogen and oxygen atoms in total. The Morgan fingerprint density at radius 3 is 2.04 bits per heavy atom. The molecule has 1 fully saturated rings. The van der Waals surface area contributed by atoms with Crippen LogP contribution in [-0.2, 0) is 25.5 Å². The highest BCUT2D eigenvalue weighted by atomic mass is 16.5. The van der Waals surface area contributed by atoms with E-state index in [4.69, 9.17) is 4.74 Å². The quantitative estimate of drug-likeness (QED) is 0.106. The standard InChI is InChI=1S/C38H50N8O6/c1-22(2)32(44-37(49)51-5)35(47)39-16-8-7-11-31-40-20-28(42-31)26-14-12-25-19-27(15-13-24(25)18-26)29-21-41-34(43-29)30-10-9-17-46(30)36(48)33(23(3)4)45-38(50)52-6/h12-15,18-23,30,32-33H,7-11,16-17H2,1-6H3,(H,39,47)(H,40,42)(H,41,43)(H,44,49)(H,45,50). The monoisotopic (exact) mass is 714 g/mol. The number of aryl methyl sites for hydroxylation is 1. The Morgan fingerprint density at radius 2 is 1.42 bits per heavy atom. The van der Waals surface area contributed by atoms with Crippen LogP contribution in [0, 0.1) is 11.8 Å². The van der Waals surface area contributed by atoms with Gasteiger partial charge in [0.25, 0.3) is 0 Å².